The minimum atomic E-state index is 0.573. The van der Waals surface area contributed by atoms with Crippen molar-refractivity contribution in [2.24, 2.45) is 0 Å². The first-order chi connectivity index (χ1) is 22.3. The topological polar surface area (TPSA) is 53.1 Å². The zero-order valence-electron chi connectivity index (χ0n) is 23.9. The second-order valence-corrected chi connectivity index (χ2v) is 11.4. The largest absolute Gasteiger partial charge is 0.453 e. The molecule has 0 bridgehead atoms. The molecule has 6 aromatic carbocycles. The molecular formula is C40H23N3O2. The Hall–Kier alpha value is -6.20. The van der Waals surface area contributed by atoms with E-state index in [9.17, 15) is 0 Å². The molecule has 10 rings (SSSR count). The third kappa shape index (κ3) is 3.55. The summed E-state index contributed by atoms with van der Waals surface area (Å²) in [6.07, 6.45) is 0. The number of nitrogens with zero attached hydrogens (tertiary/aromatic N) is 3. The summed E-state index contributed by atoms with van der Waals surface area (Å²) in [4.78, 5) is 10.0. The summed E-state index contributed by atoms with van der Waals surface area (Å²) in [5.41, 5.74) is 9.59. The van der Waals surface area contributed by atoms with Crippen LogP contribution in [0.15, 0.2) is 144 Å². The smallest absolute Gasteiger partial charge is 0.231 e. The van der Waals surface area contributed by atoms with Crippen LogP contribution in [0.4, 0.5) is 0 Å². The number of hydrogen-bond acceptors (Lipinski definition) is 4. The Morgan fingerprint density at radius 1 is 0.511 bits per heavy atom. The standard InChI is InChI=1S/C40H23N3O2/c1-3-11-24(12-4-1)37-36-30-21-26(19-20-33(30)45-40(36)42-39(41-37)25-13-5-2-6-14-25)27-22-29-28-15-7-8-16-31(28)43-32-17-9-10-18-34(32)44-35(23-27)38(29)43/h1-23H. The zero-order chi connectivity index (χ0) is 29.5. The Morgan fingerprint density at radius 3 is 2.11 bits per heavy atom. The van der Waals surface area contributed by atoms with Gasteiger partial charge in [-0.1, -0.05) is 97.1 Å². The molecule has 0 saturated heterocycles. The SMILES string of the molecule is c1ccc(-c2nc(-c3ccccc3)c3c(n2)oc2ccc(-c4cc5c6c(c4)c4ccccc4n6-c4ccccc4O5)cc23)cc1. The second kappa shape index (κ2) is 9.15. The van der Waals surface area contributed by atoms with Crippen molar-refractivity contribution in [3.05, 3.63) is 140 Å². The van der Waals surface area contributed by atoms with Crippen molar-refractivity contribution < 1.29 is 9.15 Å². The van der Waals surface area contributed by atoms with Crippen LogP contribution in [0.25, 0.3) is 83.3 Å². The minimum absolute atomic E-state index is 0.573. The van der Waals surface area contributed by atoms with Crippen molar-refractivity contribution in [1.82, 2.24) is 14.5 Å². The van der Waals surface area contributed by atoms with Gasteiger partial charge in [-0.05, 0) is 53.6 Å². The Balaban J connectivity index is 1.23. The van der Waals surface area contributed by atoms with Gasteiger partial charge < -0.3 is 13.7 Å². The quantitative estimate of drug-likeness (QED) is 0.210. The Bertz CT molecular complexity index is 2620. The molecule has 0 radical (unpaired) electrons. The summed E-state index contributed by atoms with van der Waals surface area (Å²) < 4.78 is 15.3. The fourth-order valence-electron chi connectivity index (χ4n) is 6.78. The molecular weight excluding hydrogens is 554 g/mol. The van der Waals surface area contributed by atoms with Gasteiger partial charge in [-0.3, -0.25) is 0 Å². The molecule has 5 heteroatoms. The van der Waals surface area contributed by atoms with E-state index >= 15 is 0 Å². The maximum atomic E-state index is 6.56. The molecule has 5 nitrogen and oxygen atoms in total. The van der Waals surface area contributed by atoms with Crippen molar-refractivity contribution in [2.75, 3.05) is 0 Å². The normalized spacial score (nSPS) is 12.2. The minimum Gasteiger partial charge on any atom is -0.453 e. The Morgan fingerprint density at radius 2 is 1.24 bits per heavy atom. The third-order valence-corrected chi connectivity index (χ3v) is 8.80. The van der Waals surface area contributed by atoms with E-state index in [0.29, 0.717) is 11.5 Å². The Kier molecular flexibility index (Phi) is 4.93. The van der Waals surface area contributed by atoms with Gasteiger partial charge in [0.15, 0.2) is 17.3 Å². The fourth-order valence-corrected chi connectivity index (χ4v) is 6.78. The monoisotopic (exact) mass is 577 g/mol. The van der Waals surface area contributed by atoms with Gasteiger partial charge in [0.05, 0.1) is 27.8 Å². The van der Waals surface area contributed by atoms with Gasteiger partial charge in [0.1, 0.15) is 5.58 Å². The van der Waals surface area contributed by atoms with Crippen LogP contribution in [-0.4, -0.2) is 14.5 Å². The molecule has 210 valence electrons. The lowest BCUT2D eigenvalue weighted by molar-refractivity contribution is 0.476. The first-order valence-corrected chi connectivity index (χ1v) is 15.0. The van der Waals surface area contributed by atoms with Crippen LogP contribution >= 0.6 is 0 Å². The molecule has 9 aromatic rings. The Labute approximate surface area is 257 Å². The summed E-state index contributed by atoms with van der Waals surface area (Å²) in [7, 11) is 0. The summed E-state index contributed by atoms with van der Waals surface area (Å²) in [5.74, 6) is 2.33. The van der Waals surface area contributed by atoms with Crippen molar-refractivity contribution in [3.8, 4) is 51.0 Å². The maximum Gasteiger partial charge on any atom is 0.231 e. The van der Waals surface area contributed by atoms with E-state index in [1.807, 2.05) is 66.7 Å². The fraction of sp³-hybridized carbons (Fsp3) is 0. The van der Waals surface area contributed by atoms with Crippen molar-refractivity contribution >= 4 is 43.9 Å². The highest BCUT2D eigenvalue weighted by atomic mass is 16.5. The van der Waals surface area contributed by atoms with Gasteiger partial charge in [0.2, 0.25) is 5.71 Å². The van der Waals surface area contributed by atoms with Crippen LogP contribution < -0.4 is 4.74 Å². The highest BCUT2D eigenvalue weighted by Crippen LogP contribution is 2.47. The molecule has 1 aliphatic heterocycles. The van der Waals surface area contributed by atoms with E-state index in [1.54, 1.807) is 0 Å². The molecule has 0 N–H and O–H groups in total. The molecule has 0 spiro atoms. The summed E-state index contributed by atoms with van der Waals surface area (Å²) in [6.45, 7) is 0. The number of benzene rings is 6. The van der Waals surface area contributed by atoms with Crippen LogP contribution in [0.3, 0.4) is 0 Å². The van der Waals surface area contributed by atoms with Crippen LogP contribution in [0.2, 0.25) is 0 Å². The number of furan rings is 1. The summed E-state index contributed by atoms with van der Waals surface area (Å²) >= 11 is 0. The van der Waals surface area contributed by atoms with Crippen LogP contribution in [0.1, 0.15) is 0 Å². The second-order valence-electron chi connectivity index (χ2n) is 11.4. The van der Waals surface area contributed by atoms with Crippen LogP contribution in [0, 0.1) is 0 Å². The highest BCUT2D eigenvalue weighted by molar-refractivity contribution is 6.15. The molecule has 4 heterocycles. The van der Waals surface area contributed by atoms with E-state index in [4.69, 9.17) is 19.1 Å². The molecule has 0 fully saturated rings. The predicted molar refractivity (Wildman–Crippen MR) is 180 cm³/mol. The van der Waals surface area contributed by atoms with E-state index < -0.39 is 0 Å². The molecule has 0 atom stereocenters. The zero-order valence-corrected chi connectivity index (χ0v) is 23.9. The van der Waals surface area contributed by atoms with Crippen molar-refractivity contribution in [2.45, 2.75) is 0 Å². The molecule has 0 unspecified atom stereocenters. The lowest BCUT2D eigenvalue weighted by Crippen LogP contribution is -2.03. The van der Waals surface area contributed by atoms with E-state index in [1.165, 1.54) is 5.39 Å². The number of rotatable bonds is 3. The van der Waals surface area contributed by atoms with E-state index in [0.717, 1.165) is 77.9 Å². The van der Waals surface area contributed by atoms with Gasteiger partial charge in [-0.15, -0.1) is 0 Å². The van der Waals surface area contributed by atoms with Gasteiger partial charge in [0, 0.05) is 27.3 Å². The van der Waals surface area contributed by atoms with E-state index in [2.05, 4.69) is 77.4 Å². The third-order valence-electron chi connectivity index (χ3n) is 8.80. The van der Waals surface area contributed by atoms with Gasteiger partial charge in [-0.25, -0.2) is 4.98 Å². The first kappa shape index (κ1) is 24.3. The molecule has 45 heavy (non-hydrogen) atoms. The summed E-state index contributed by atoms with van der Waals surface area (Å²) in [5, 5.41) is 4.23. The van der Waals surface area contributed by atoms with Gasteiger partial charge >= 0.3 is 0 Å². The average molecular weight is 578 g/mol. The van der Waals surface area contributed by atoms with Gasteiger partial charge in [-0.2, -0.15) is 4.98 Å². The van der Waals surface area contributed by atoms with Crippen molar-refractivity contribution in [1.29, 1.82) is 0 Å². The molecule has 1 aliphatic rings. The lowest BCUT2D eigenvalue weighted by Gasteiger charge is -2.21. The first-order valence-electron chi connectivity index (χ1n) is 15.0. The van der Waals surface area contributed by atoms with Crippen molar-refractivity contribution in [3.63, 3.8) is 0 Å². The van der Waals surface area contributed by atoms with Crippen LogP contribution in [0.5, 0.6) is 11.5 Å². The molecule has 0 amide bonds. The molecule has 0 aliphatic carbocycles. The summed E-state index contributed by atoms with van der Waals surface area (Å²) in [6, 6.07) is 47.9. The number of hydrogen-bond donors (Lipinski definition) is 0. The maximum absolute atomic E-state index is 6.56. The lowest BCUT2D eigenvalue weighted by atomic mass is 9.99. The number of para-hydroxylation sites is 3. The number of fused-ring (bicyclic) bond motifs is 8. The average Bonchev–Trinajstić information content (AvgIpc) is 3.65. The number of ether oxygens (including phenoxy) is 1. The highest BCUT2D eigenvalue weighted by Gasteiger charge is 2.25. The molecule has 3 aromatic heterocycles. The number of aromatic nitrogens is 3. The van der Waals surface area contributed by atoms with Gasteiger partial charge in [0.25, 0.3) is 0 Å². The van der Waals surface area contributed by atoms with Crippen LogP contribution in [-0.2, 0) is 0 Å². The predicted octanol–water partition coefficient (Wildman–Crippen LogP) is 10.6. The van der Waals surface area contributed by atoms with E-state index in [-0.39, 0.29) is 0 Å². The molecule has 0 saturated carbocycles.